The molecule has 1 N–H and O–H groups in total. The molecule has 0 atom stereocenters. The standard InChI is InChI=1S/C8H13N3O2/c1-13-7-8(12)9-4-6-11-5-2-3-10-11/h2-3,5H,4,6-7H2,1H3,(H,9,12). The van der Waals surface area contributed by atoms with E-state index in [2.05, 4.69) is 15.2 Å². The van der Waals surface area contributed by atoms with Crippen molar-refractivity contribution >= 4 is 5.91 Å². The van der Waals surface area contributed by atoms with Crippen LogP contribution >= 0.6 is 0 Å². The lowest BCUT2D eigenvalue weighted by Crippen LogP contribution is -2.30. The zero-order valence-corrected chi connectivity index (χ0v) is 7.56. The predicted octanol–water partition coefficient (Wildman–Crippen LogP) is -0.354. The summed E-state index contributed by atoms with van der Waals surface area (Å²) in [6.45, 7) is 1.37. The number of rotatable bonds is 5. The molecule has 1 aromatic heterocycles. The summed E-state index contributed by atoms with van der Waals surface area (Å²) in [6.07, 6.45) is 3.56. The van der Waals surface area contributed by atoms with Crippen molar-refractivity contribution in [3.63, 3.8) is 0 Å². The molecule has 1 rings (SSSR count). The van der Waals surface area contributed by atoms with Gasteiger partial charge in [0.2, 0.25) is 5.91 Å². The number of methoxy groups -OCH3 is 1. The first kappa shape index (κ1) is 9.73. The minimum atomic E-state index is -0.102. The molecule has 0 spiro atoms. The van der Waals surface area contributed by atoms with E-state index in [1.165, 1.54) is 7.11 Å². The van der Waals surface area contributed by atoms with Crippen LogP contribution in [0.15, 0.2) is 18.5 Å². The average Bonchev–Trinajstić information content (AvgIpc) is 2.57. The molecular weight excluding hydrogens is 170 g/mol. The van der Waals surface area contributed by atoms with Crippen LogP contribution in [0.3, 0.4) is 0 Å². The number of hydrogen-bond donors (Lipinski definition) is 1. The van der Waals surface area contributed by atoms with Crippen LogP contribution in [-0.2, 0) is 16.1 Å². The van der Waals surface area contributed by atoms with Crippen LogP contribution in [0.5, 0.6) is 0 Å². The summed E-state index contributed by atoms with van der Waals surface area (Å²) < 4.78 is 6.41. The minimum Gasteiger partial charge on any atom is -0.375 e. The van der Waals surface area contributed by atoms with Gasteiger partial charge < -0.3 is 10.1 Å². The molecule has 0 aliphatic rings. The summed E-state index contributed by atoms with van der Waals surface area (Å²) in [5, 5.41) is 6.69. The molecule has 0 saturated carbocycles. The monoisotopic (exact) mass is 183 g/mol. The van der Waals surface area contributed by atoms with Crippen LogP contribution in [0.2, 0.25) is 0 Å². The molecular formula is C8H13N3O2. The van der Waals surface area contributed by atoms with E-state index in [0.717, 1.165) is 0 Å². The molecule has 0 unspecified atom stereocenters. The summed E-state index contributed by atoms with van der Waals surface area (Å²) in [5.41, 5.74) is 0. The Hall–Kier alpha value is -1.36. The highest BCUT2D eigenvalue weighted by Gasteiger charge is 1.97. The molecule has 1 heterocycles. The van der Waals surface area contributed by atoms with Gasteiger partial charge in [-0.3, -0.25) is 9.48 Å². The largest absolute Gasteiger partial charge is 0.375 e. The van der Waals surface area contributed by atoms with Gasteiger partial charge in [-0.05, 0) is 6.07 Å². The van der Waals surface area contributed by atoms with Gasteiger partial charge >= 0.3 is 0 Å². The van der Waals surface area contributed by atoms with Crippen molar-refractivity contribution in [3.8, 4) is 0 Å². The summed E-state index contributed by atoms with van der Waals surface area (Å²) in [4.78, 5) is 10.9. The molecule has 1 amide bonds. The Morgan fingerprint density at radius 1 is 1.69 bits per heavy atom. The molecule has 72 valence electrons. The van der Waals surface area contributed by atoms with Gasteiger partial charge in [-0.2, -0.15) is 5.10 Å². The summed E-state index contributed by atoms with van der Waals surface area (Å²) in [5.74, 6) is -0.102. The molecule has 0 aliphatic heterocycles. The zero-order chi connectivity index (χ0) is 9.52. The Balaban J connectivity index is 2.11. The van der Waals surface area contributed by atoms with E-state index in [4.69, 9.17) is 0 Å². The first-order valence-electron chi connectivity index (χ1n) is 4.06. The van der Waals surface area contributed by atoms with Crippen LogP contribution in [0, 0.1) is 0 Å². The highest BCUT2D eigenvalue weighted by Crippen LogP contribution is 1.82. The Labute approximate surface area is 76.7 Å². The highest BCUT2D eigenvalue weighted by atomic mass is 16.5. The van der Waals surface area contributed by atoms with E-state index in [-0.39, 0.29) is 12.5 Å². The Kier molecular flexibility index (Phi) is 3.98. The molecule has 0 aliphatic carbocycles. The van der Waals surface area contributed by atoms with E-state index in [1.54, 1.807) is 10.9 Å². The minimum absolute atomic E-state index is 0.102. The highest BCUT2D eigenvalue weighted by molar-refractivity contribution is 5.77. The van der Waals surface area contributed by atoms with E-state index in [0.29, 0.717) is 13.1 Å². The maximum Gasteiger partial charge on any atom is 0.246 e. The third-order valence-electron chi connectivity index (χ3n) is 1.50. The zero-order valence-electron chi connectivity index (χ0n) is 7.56. The Morgan fingerprint density at radius 3 is 3.15 bits per heavy atom. The van der Waals surface area contributed by atoms with Gasteiger partial charge in [-0.1, -0.05) is 0 Å². The number of nitrogens with one attached hydrogen (secondary N) is 1. The molecule has 13 heavy (non-hydrogen) atoms. The second-order valence-electron chi connectivity index (χ2n) is 2.55. The van der Waals surface area contributed by atoms with E-state index in [9.17, 15) is 4.79 Å². The second-order valence-corrected chi connectivity index (χ2v) is 2.55. The molecule has 0 saturated heterocycles. The van der Waals surface area contributed by atoms with Crippen molar-refractivity contribution in [1.29, 1.82) is 0 Å². The molecule has 0 bridgehead atoms. The van der Waals surface area contributed by atoms with Gasteiger partial charge in [0.15, 0.2) is 0 Å². The van der Waals surface area contributed by atoms with Gasteiger partial charge in [-0.25, -0.2) is 0 Å². The lowest BCUT2D eigenvalue weighted by molar-refractivity contribution is -0.124. The summed E-state index contributed by atoms with van der Waals surface area (Å²) in [7, 11) is 1.49. The van der Waals surface area contributed by atoms with Crippen molar-refractivity contribution in [1.82, 2.24) is 15.1 Å². The van der Waals surface area contributed by atoms with Crippen molar-refractivity contribution in [2.75, 3.05) is 20.3 Å². The van der Waals surface area contributed by atoms with E-state index < -0.39 is 0 Å². The maximum atomic E-state index is 10.9. The van der Waals surface area contributed by atoms with Crippen molar-refractivity contribution in [2.24, 2.45) is 0 Å². The molecule has 0 radical (unpaired) electrons. The SMILES string of the molecule is COCC(=O)NCCn1cccn1. The third-order valence-corrected chi connectivity index (χ3v) is 1.50. The number of hydrogen-bond acceptors (Lipinski definition) is 3. The van der Waals surface area contributed by atoms with E-state index >= 15 is 0 Å². The van der Waals surface area contributed by atoms with Crippen molar-refractivity contribution in [3.05, 3.63) is 18.5 Å². The topological polar surface area (TPSA) is 56.1 Å². The molecule has 0 aromatic carbocycles. The van der Waals surface area contributed by atoms with Gasteiger partial charge in [0.05, 0.1) is 6.54 Å². The lowest BCUT2D eigenvalue weighted by Gasteiger charge is -2.03. The summed E-state index contributed by atoms with van der Waals surface area (Å²) >= 11 is 0. The predicted molar refractivity (Wildman–Crippen MR) is 47.1 cm³/mol. The summed E-state index contributed by atoms with van der Waals surface area (Å²) in [6, 6.07) is 1.84. The lowest BCUT2D eigenvalue weighted by atomic mass is 10.5. The number of ether oxygens (including phenoxy) is 1. The van der Waals surface area contributed by atoms with E-state index in [1.807, 2.05) is 12.3 Å². The molecule has 0 fully saturated rings. The van der Waals surface area contributed by atoms with Crippen LogP contribution in [-0.4, -0.2) is 35.9 Å². The molecule has 5 heteroatoms. The van der Waals surface area contributed by atoms with Crippen LogP contribution in [0.4, 0.5) is 0 Å². The molecule has 1 aromatic rings. The normalized spacial score (nSPS) is 9.92. The Morgan fingerprint density at radius 2 is 2.54 bits per heavy atom. The van der Waals surface area contributed by atoms with Crippen molar-refractivity contribution in [2.45, 2.75) is 6.54 Å². The quantitative estimate of drug-likeness (QED) is 0.678. The van der Waals surface area contributed by atoms with Gasteiger partial charge in [0, 0.05) is 26.0 Å². The fourth-order valence-electron chi connectivity index (χ4n) is 0.925. The van der Waals surface area contributed by atoms with Crippen LogP contribution in [0.25, 0.3) is 0 Å². The Bertz CT molecular complexity index is 246. The number of nitrogens with zero attached hydrogens (tertiary/aromatic N) is 2. The van der Waals surface area contributed by atoms with Crippen LogP contribution in [0.1, 0.15) is 0 Å². The number of carbonyl (C=O) groups is 1. The number of carbonyl (C=O) groups excluding carboxylic acids is 1. The maximum absolute atomic E-state index is 10.9. The van der Waals surface area contributed by atoms with Crippen LogP contribution < -0.4 is 5.32 Å². The molecule has 5 nitrogen and oxygen atoms in total. The van der Waals surface area contributed by atoms with Gasteiger partial charge in [0.25, 0.3) is 0 Å². The number of aromatic nitrogens is 2. The van der Waals surface area contributed by atoms with Crippen molar-refractivity contribution < 1.29 is 9.53 Å². The fourth-order valence-corrected chi connectivity index (χ4v) is 0.925. The first-order chi connectivity index (χ1) is 6.33. The van der Waals surface area contributed by atoms with Gasteiger partial charge in [-0.15, -0.1) is 0 Å². The first-order valence-corrected chi connectivity index (χ1v) is 4.06. The third kappa shape index (κ3) is 3.71. The fraction of sp³-hybridized carbons (Fsp3) is 0.500. The second kappa shape index (κ2) is 5.31. The average molecular weight is 183 g/mol. The smallest absolute Gasteiger partial charge is 0.246 e. The number of amides is 1. The van der Waals surface area contributed by atoms with Gasteiger partial charge in [0.1, 0.15) is 6.61 Å².